The van der Waals surface area contributed by atoms with Gasteiger partial charge in [-0.25, -0.2) is 0 Å². The molecule has 19 heavy (non-hydrogen) atoms. The van der Waals surface area contributed by atoms with Crippen molar-refractivity contribution in [3.8, 4) is 5.75 Å². The van der Waals surface area contributed by atoms with E-state index >= 15 is 0 Å². The van der Waals surface area contributed by atoms with E-state index in [1.54, 1.807) is 7.11 Å². The zero-order chi connectivity index (χ0) is 14.0. The molecule has 2 rings (SSSR count). The van der Waals surface area contributed by atoms with Gasteiger partial charge in [0, 0.05) is 5.54 Å². The summed E-state index contributed by atoms with van der Waals surface area (Å²) in [6.07, 6.45) is 5.19. The normalized spacial score (nSPS) is 24.3. The summed E-state index contributed by atoms with van der Waals surface area (Å²) >= 11 is 0. The molecule has 1 fully saturated rings. The molecule has 0 unspecified atom stereocenters. The highest BCUT2D eigenvalue weighted by atomic mass is 16.5. The largest absolute Gasteiger partial charge is 0.496 e. The Labute approximate surface area is 117 Å². The molecule has 1 aromatic rings. The van der Waals surface area contributed by atoms with Gasteiger partial charge in [0.15, 0.2) is 0 Å². The number of hydrogen-bond donors (Lipinski definition) is 1. The zero-order valence-corrected chi connectivity index (χ0v) is 12.7. The van der Waals surface area contributed by atoms with E-state index in [-0.39, 0.29) is 5.54 Å². The second-order valence-electron chi connectivity index (χ2n) is 6.64. The summed E-state index contributed by atoms with van der Waals surface area (Å²) in [7, 11) is 1.76. The van der Waals surface area contributed by atoms with Gasteiger partial charge in [0.05, 0.1) is 7.11 Å². The van der Waals surface area contributed by atoms with Crippen molar-refractivity contribution in [1.82, 2.24) is 0 Å². The first-order valence-electron chi connectivity index (χ1n) is 7.39. The Morgan fingerprint density at radius 2 is 1.79 bits per heavy atom. The van der Waals surface area contributed by atoms with Crippen LogP contribution in [0, 0.1) is 5.92 Å². The molecule has 0 atom stereocenters. The van der Waals surface area contributed by atoms with Crippen LogP contribution in [0.1, 0.15) is 63.5 Å². The van der Waals surface area contributed by atoms with E-state index in [4.69, 9.17) is 10.5 Å². The predicted molar refractivity (Wildman–Crippen MR) is 80.6 cm³/mol. The first-order chi connectivity index (χ1) is 8.91. The van der Waals surface area contributed by atoms with Gasteiger partial charge in [0.25, 0.3) is 0 Å². The Morgan fingerprint density at radius 3 is 2.32 bits per heavy atom. The average molecular weight is 261 g/mol. The third kappa shape index (κ3) is 3.30. The van der Waals surface area contributed by atoms with Gasteiger partial charge >= 0.3 is 0 Å². The highest BCUT2D eigenvalue weighted by Gasteiger charge is 2.24. The minimum atomic E-state index is -0.289. The van der Waals surface area contributed by atoms with Crippen LogP contribution >= 0.6 is 0 Å². The molecule has 0 radical (unpaired) electrons. The summed E-state index contributed by atoms with van der Waals surface area (Å²) in [5, 5.41) is 0. The topological polar surface area (TPSA) is 35.2 Å². The molecule has 106 valence electrons. The second-order valence-corrected chi connectivity index (χ2v) is 6.64. The summed E-state index contributed by atoms with van der Waals surface area (Å²) in [5.74, 6) is 2.53. The maximum absolute atomic E-state index is 6.23. The third-order valence-corrected chi connectivity index (χ3v) is 4.43. The molecule has 0 saturated heterocycles. The fourth-order valence-corrected chi connectivity index (χ4v) is 3.03. The number of methoxy groups -OCH3 is 1. The van der Waals surface area contributed by atoms with Crippen molar-refractivity contribution >= 4 is 0 Å². The lowest BCUT2D eigenvalue weighted by molar-refractivity contribution is 0.335. The van der Waals surface area contributed by atoms with Crippen molar-refractivity contribution in [2.24, 2.45) is 11.7 Å². The Hall–Kier alpha value is -1.02. The molecule has 0 spiro atoms. The zero-order valence-electron chi connectivity index (χ0n) is 12.7. The van der Waals surface area contributed by atoms with Gasteiger partial charge in [-0.05, 0) is 55.7 Å². The third-order valence-electron chi connectivity index (χ3n) is 4.43. The van der Waals surface area contributed by atoms with E-state index in [0.29, 0.717) is 5.92 Å². The molecule has 0 bridgehead atoms. The van der Waals surface area contributed by atoms with Crippen LogP contribution in [0.4, 0.5) is 0 Å². The Morgan fingerprint density at radius 1 is 1.16 bits per heavy atom. The van der Waals surface area contributed by atoms with Crippen molar-refractivity contribution < 1.29 is 4.74 Å². The molecule has 1 aromatic carbocycles. The van der Waals surface area contributed by atoms with Crippen molar-refractivity contribution in [1.29, 1.82) is 0 Å². The molecule has 2 heteroatoms. The van der Waals surface area contributed by atoms with Gasteiger partial charge in [-0.3, -0.25) is 0 Å². The number of rotatable bonds is 3. The summed E-state index contributed by atoms with van der Waals surface area (Å²) in [6, 6.07) is 6.44. The quantitative estimate of drug-likeness (QED) is 0.885. The van der Waals surface area contributed by atoms with Crippen LogP contribution in [-0.4, -0.2) is 7.11 Å². The van der Waals surface area contributed by atoms with Gasteiger partial charge in [-0.2, -0.15) is 0 Å². The number of ether oxygens (including phenoxy) is 1. The average Bonchev–Trinajstić information content (AvgIpc) is 2.38. The molecular weight excluding hydrogens is 234 g/mol. The number of nitrogens with two attached hydrogens (primary N) is 1. The standard InChI is InChI=1S/C17H27NO/c1-12-5-7-13(8-6-12)15-11-14(17(2,3)18)9-10-16(15)19-4/h9-13H,5-8,18H2,1-4H3. The Kier molecular flexibility index (Phi) is 4.19. The van der Waals surface area contributed by atoms with E-state index in [2.05, 4.69) is 39.0 Å². The van der Waals surface area contributed by atoms with Crippen molar-refractivity contribution in [3.63, 3.8) is 0 Å². The fraction of sp³-hybridized carbons (Fsp3) is 0.647. The van der Waals surface area contributed by atoms with Crippen LogP contribution in [-0.2, 0) is 5.54 Å². The van der Waals surface area contributed by atoms with Crippen LogP contribution in [0.5, 0.6) is 5.75 Å². The van der Waals surface area contributed by atoms with Crippen molar-refractivity contribution in [3.05, 3.63) is 29.3 Å². The highest BCUT2D eigenvalue weighted by Crippen LogP contribution is 2.40. The highest BCUT2D eigenvalue weighted by molar-refractivity contribution is 5.42. The molecule has 2 N–H and O–H groups in total. The lowest BCUT2D eigenvalue weighted by Crippen LogP contribution is -2.28. The van der Waals surface area contributed by atoms with Crippen LogP contribution in [0.3, 0.4) is 0 Å². The van der Waals surface area contributed by atoms with Crippen LogP contribution in [0.25, 0.3) is 0 Å². The van der Waals surface area contributed by atoms with E-state index in [9.17, 15) is 0 Å². The molecule has 2 nitrogen and oxygen atoms in total. The minimum Gasteiger partial charge on any atom is -0.496 e. The van der Waals surface area contributed by atoms with Crippen molar-refractivity contribution in [2.75, 3.05) is 7.11 Å². The van der Waals surface area contributed by atoms with Crippen LogP contribution < -0.4 is 10.5 Å². The number of benzene rings is 1. The monoisotopic (exact) mass is 261 g/mol. The molecular formula is C17H27NO. The maximum Gasteiger partial charge on any atom is 0.122 e. The molecule has 1 saturated carbocycles. The SMILES string of the molecule is COc1ccc(C(C)(C)N)cc1C1CCC(C)CC1. The Balaban J connectivity index is 2.31. The van der Waals surface area contributed by atoms with Crippen molar-refractivity contribution in [2.45, 2.75) is 57.9 Å². The second kappa shape index (κ2) is 5.54. The first-order valence-corrected chi connectivity index (χ1v) is 7.39. The van der Waals surface area contributed by atoms with Gasteiger partial charge in [-0.1, -0.05) is 31.9 Å². The smallest absolute Gasteiger partial charge is 0.122 e. The van der Waals surface area contributed by atoms with Gasteiger partial charge in [0.1, 0.15) is 5.75 Å². The Bertz CT molecular complexity index is 425. The van der Waals surface area contributed by atoms with E-state index < -0.39 is 0 Å². The maximum atomic E-state index is 6.23. The van der Waals surface area contributed by atoms with Gasteiger partial charge in [-0.15, -0.1) is 0 Å². The van der Waals surface area contributed by atoms with Crippen LogP contribution in [0.15, 0.2) is 18.2 Å². The molecule has 0 aliphatic heterocycles. The molecule has 0 heterocycles. The molecule has 1 aliphatic carbocycles. The lowest BCUT2D eigenvalue weighted by Gasteiger charge is -2.29. The minimum absolute atomic E-state index is 0.289. The summed E-state index contributed by atoms with van der Waals surface area (Å²) in [5.41, 5.74) is 8.49. The summed E-state index contributed by atoms with van der Waals surface area (Å²) in [4.78, 5) is 0. The summed E-state index contributed by atoms with van der Waals surface area (Å²) in [6.45, 7) is 6.47. The predicted octanol–water partition coefficient (Wildman–Crippen LogP) is 4.18. The molecule has 1 aliphatic rings. The number of hydrogen-bond acceptors (Lipinski definition) is 2. The lowest BCUT2D eigenvalue weighted by atomic mass is 9.78. The van der Waals surface area contributed by atoms with E-state index in [0.717, 1.165) is 11.7 Å². The fourth-order valence-electron chi connectivity index (χ4n) is 3.03. The molecule has 0 aromatic heterocycles. The van der Waals surface area contributed by atoms with E-state index in [1.165, 1.54) is 36.8 Å². The van der Waals surface area contributed by atoms with E-state index in [1.807, 2.05) is 0 Å². The summed E-state index contributed by atoms with van der Waals surface area (Å²) < 4.78 is 5.55. The van der Waals surface area contributed by atoms with Gasteiger partial charge in [0.2, 0.25) is 0 Å². The van der Waals surface area contributed by atoms with Crippen LogP contribution in [0.2, 0.25) is 0 Å². The molecule has 0 amide bonds. The first kappa shape index (κ1) is 14.4. The van der Waals surface area contributed by atoms with Gasteiger partial charge < -0.3 is 10.5 Å².